The summed E-state index contributed by atoms with van der Waals surface area (Å²) in [6.07, 6.45) is 1.39. The molecule has 1 nitrogen and oxygen atoms in total. The van der Waals surface area contributed by atoms with Crippen molar-refractivity contribution >= 4 is 0 Å². The molecule has 1 aromatic rings. The zero-order chi connectivity index (χ0) is 8.55. The molecule has 0 aromatic heterocycles. The molecule has 1 aromatic carbocycles. The summed E-state index contributed by atoms with van der Waals surface area (Å²) >= 11 is 0. The van der Waals surface area contributed by atoms with Crippen molar-refractivity contribution in [3.05, 3.63) is 35.6 Å². The van der Waals surface area contributed by atoms with Gasteiger partial charge in [-0.1, -0.05) is 12.1 Å². The standard InChI is InChI=1S/C10H11FO/c11-9-3-1-2-7(4-9)8-5-10(12)6-8/h1-4,8,10,12H,5-6H2. The molecule has 0 bridgehead atoms. The minimum Gasteiger partial charge on any atom is -0.393 e. The fraction of sp³-hybridized carbons (Fsp3) is 0.400. The van der Waals surface area contributed by atoms with Gasteiger partial charge in [0.15, 0.2) is 0 Å². The van der Waals surface area contributed by atoms with Gasteiger partial charge in [-0.05, 0) is 36.5 Å². The predicted octanol–water partition coefficient (Wildman–Crippen LogP) is 2.06. The van der Waals surface area contributed by atoms with Crippen LogP contribution in [-0.2, 0) is 0 Å². The normalized spacial score (nSPS) is 28.2. The minimum absolute atomic E-state index is 0.168. The second-order valence-electron chi connectivity index (χ2n) is 3.38. The quantitative estimate of drug-likeness (QED) is 0.677. The Labute approximate surface area is 70.8 Å². The summed E-state index contributed by atoms with van der Waals surface area (Å²) in [5.41, 5.74) is 1.01. The maximum atomic E-state index is 12.7. The highest BCUT2D eigenvalue weighted by Crippen LogP contribution is 2.36. The van der Waals surface area contributed by atoms with E-state index in [1.54, 1.807) is 12.1 Å². The Morgan fingerprint density at radius 3 is 2.67 bits per heavy atom. The third kappa shape index (κ3) is 1.34. The molecule has 0 unspecified atom stereocenters. The van der Waals surface area contributed by atoms with Gasteiger partial charge in [-0.25, -0.2) is 4.39 Å². The lowest BCUT2D eigenvalue weighted by molar-refractivity contribution is 0.0745. The summed E-state index contributed by atoms with van der Waals surface area (Å²) in [6, 6.07) is 6.63. The maximum Gasteiger partial charge on any atom is 0.123 e. The lowest BCUT2D eigenvalue weighted by atomic mass is 9.78. The van der Waals surface area contributed by atoms with E-state index >= 15 is 0 Å². The van der Waals surface area contributed by atoms with Crippen LogP contribution in [0.3, 0.4) is 0 Å². The zero-order valence-electron chi connectivity index (χ0n) is 6.70. The first kappa shape index (κ1) is 7.74. The average molecular weight is 166 g/mol. The van der Waals surface area contributed by atoms with Crippen LogP contribution in [0.25, 0.3) is 0 Å². The first-order chi connectivity index (χ1) is 5.75. The number of hydrogen-bond donors (Lipinski definition) is 1. The molecule has 0 radical (unpaired) electrons. The third-order valence-electron chi connectivity index (χ3n) is 2.43. The topological polar surface area (TPSA) is 20.2 Å². The van der Waals surface area contributed by atoms with Gasteiger partial charge in [0.05, 0.1) is 6.10 Å². The fourth-order valence-electron chi connectivity index (χ4n) is 1.62. The highest BCUT2D eigenvalue weighted by Gasteiger charge is 2.28. The second-order valence-corrected chi connectivity index (χ2v) is 3.38. The predicted molar refractivity (Wildman–Crippen MR) is 44.4 cm³/mol. The zero-order valence-corrected chi connectivity index (χ0v) is 6.70. The molecule has 1 aliphatic rings. The first-order valence-corrected chi connectivity index (χ1v) is 4.19. The van der Waals surface area contributed by atoms with E-state index in [4.69, 9.17) is 5.11 Å². The molecule has 1 aliphatic carbocycles. The van der Waals surface area contributed by atoms with Crippen molar-refractivity contribution in [3.8, 4) is 0 Å². The van der Waals surface area contributed by atoms with Gasteiger partial charge in [-0.15, -0.1) is 0 Å². The van der Waals surface area contributed by atoms with E-state index < -0.39 is 0 Å². The Balaban J connectivity index is 2.13. The Hall–Kier alpha value is -0.890. The van der Waals surface area contributed by atoms with Crippen LogP contribution in [0.5, 0.6) is 0 Å². The van der Waals surface area contributed by atoms with Gasteiger partial charge in [-0.2, -0.15) is 0 Å². The van der Waals surface area contributed by atoms with Crippen LogP contribution >= 0.6 is 0 Å². The largest absolute Gasteiger partial charge is 0.393 e. The Morgan fingerprint density at radius 1 is 1.33 bits per heavy atom. The van der Waals surface area contributed by atoms with Crippen molar-refractivity contribution in [1.82, 2.24) is 0 Å². The van der Waals surface area contributed by atoms with E-state index in [9.17, 15) is 4.39 Å². The first-order valence-electron chi connectivity index (χ1n) is 4.19. The van der Waals surface area contributed by atoms with E-state index in [1.807, 2.05) is 6.07 Å². The smallest absolute Gasteiger partial charge is 0.123 e. The third-order valence-corrected chi connectivity index (χ3v) is 2.43. The van der Waals surface area contributed by atoms with E-state index in [2.05, 4.69) is 0 Å². The van der Waals surface area contributed by atoms with Gasteiger partial charge in [0.25, 0.3) is 0 Å². The summed E-state index contributed by atoms with van der Waals surface area (Å²) in [5, 5.41) is 9.06. The molecule has 1 fully saturated rings. The molecular weight excluding hydrogens is 155 g/mol. The monoisotopic (exact) mass is 166 g/mol. The van der Waals surface area contributed by atoms with Crippen LogP contribution in [0.15, 0.2) is 24.3 Å². The van der Waals surface area contributed by atoms with Gasteiger partial charge in [0.2, 0.25) is 0 Å². The molecule has 0 heterocycles. The van der Waals surface area contributed by atoms with Crippen molar-refractivity contribution in [3.63, 3.8) is 0 Å². The van der Waals surface area contributed by atoms with Crippen LogP contribution < -0.4 is 0 Å². The van der Waals surface area contributed by atoms with E-state index in [0.717, 1.165) is 18.4 Å². The van der Waals surface area contributed by atoms with Gasteiger partial charge in [-0.3, -0.25) is 0 Å². The summed E-state index contributed by atoms with van der Waals surface area (Å²) in [6.45, 7) is 0. The van der Waals surface area contributed by atoms with Gasteiger partial charge < -0.3 is 5.11 Å². The maximum absolute atomic E-state index is 12.7. The van der Waals surface area contributed by atoms with Crippen molar-refractivity contribution in [2.75, 3.05) is 0 Å². The lowest BCUT2D eigenvalue weighted by Gasteiger charge is -2.31. The van der Waals surface area contributed by atoms with Crippen molar-refractivity contribution in [2.45, 2.75) is 24.9 Å². The molecule has 1 saturated carbocycles. The Kier molecular flexibility index (Phi) is 1.85. The van der Waals surface area contributed by atoms with Crippen LogP contribution in [0.2, 0.25) is 0 Å². The van der Waals surface area contributed by atoms with E-state index in [-0.39, 0.29) is 11.9 Å². The summed E-state index contributed by atoms with van der Waals surface area (Å²) < 4.78 is 12.7. The lowest BCUT2D eigenvalue weighted by Crippen LogP contribution is -2.26. The molecule has 2 rings (SSSR count). The summed E-state index contributed by atoms with van der Waals surface area (Å²) in [4.78, 5) is 0. The van der Waals surface area contributed by atoms with Crippen LogP contribution in [0.1, 0.15) is 24.3 Å². The van der Waals surface area contributed by atoms with Crippen molar-refractivity contribution in [2.24, 2.45) is 0 Å². The minimum atomic E-state index is -0.186. The number of rotatable bonds is 1. The molecule has 64 valence electrons. The highest BCUT2D eigenvalue weighted by atomic mass is 19.1. The Bertz CT molecular complexity index is 279. The second kappa shape index (κ2) is 2.87. The number of aliphatic hydroxyl groups is 1. The molecule has 0 saturated heterocycles. The molecule has 0 aliphatic heterocycles. The summed E-state index contributed by atoms with van der Waals surface area (Å²) in [5.74, 6) is 0.185. The van der Waals surface area contributed by atoms with Crippen LogP contribution in [-0.4, -0.2) is 11.2 Å². The molecule has 0 amide bonds. The molecule has 0 atom stereocenters. The molecule has 0 spiro atoms. The van der Waals surface area contributed by atoms with Crippen molar-refractivity contribution in [1.29, 1.82) is 0 Å². The number of benzene rings is 1. The van der Waals surface area contributed by atoms with E-state index in [1.165, 1.54) is 6.07 Å². The number of hydrogen-bond acceptors (Lipinski definition) is 1. The van der Waals surface area contributed by atoms with Crippen molar-refractivity contribution < 1.29 is 9.50 Å². The Morgan fingerprint density at radius 2 is 2.08 bits per heavy atom. The summed E-state index contributed by atoms with van der Waals surface area (Å²) in [7, 11) is 0. The molecular formula is C10H11FO. The van der Waals surface area contributed by atoms with Crippen LogP contribution in [0, 0.1) is 5.82 Å². The van der Waals surface area contributed by atoms with E-state index in [0.29, 0.717) is 5.92 Å². The van der Waals surface area contributed by atoms with Gasteiger partial charge in [0.1, 0.15) is 5.82 Å². The molecule has 1 N–H and O–H groups in total. The molecule has 2 heteroatoms. The number of aliphatic hydroxyl groups excluding tert-OH is 1. The van der Waals surface area contributed by atoms with Crippen LogP contribution in [0.4, 0.5) is 4.39 Å². The van der Waals surface area contributed by atoms with Gasteiger partial charge >= 0.3 is 0 Å². The van der Waals surface area contributed by atoms with Gasteiger partial charge in [0, 0.05) is 0 Å². The average Bonchev–Trinajstić information content (AvgIpc) is 1.99. The SMILES string of the molecule is OC1CC(c2cccc(F)c2)C1. The highest BCUT2D eigenvalue weighted by molar-refractivity contribution is 5.23. The molecule has 12 heavy (non-hydrogen) atoms. The fourth-order valence-corrected chi connectivity index (χ4v) is 1.62. The number of halogens is 1.